The molecule has 0 amide bonds. The molecule has 1 aliphatic heterocycles. The third kappa shape index (κ3) is 3.33. The fraction of sp³-hybridized carbons (Fsp3) is 0.538. The van der Waals surface area contributed by atoms with Crippen LogP contribution in [0, 0.1) is 0 Å². The zero-order valence-corrected chi connectivity index (χ0v) is 9.36. The van der Waals surface area contributed by atoms with Gasteiger partial charge in [0.05, 0.1) is 6.10 Å². The van der Waals surface area contributed by atoms with Crippen LogP contribution in [0.1, 0.15) is 18.4 Å². The van der Waals surface area contributed by atoms with E-state index in [9.17, 15) is 0 Å². The second kappa shape index (κ2) is 5.29. The van der Waals surface area contributed by atoms with Gasteiger partial charge in [0, 0.05) is 19.7 Å². The van der Waals surface area contributed by atoms with Crippen LogP contribution in [0.15, 0.2) is 30.3 Å². The lowest BCUT2D eigenvalue weighted by Gasteiger charge is -2.20. The minimum Gasteiger partial charge on any atom is -0.377 e. The number of hydrogen-bond acceptors (Lipinski definition) is 2. The number of likely N-dealkylation sites (N-methyl/N-ethyl adjacent to an activating group) is 1. The Hall–Kier alpha value is -0.860. The smallest absolute Gasteiger partial charge is 0.0702 e. The lowest BCUT2D eigenvalue weighted by Crippen LogP contribution is -2.28. The van der Waals surface area contributed by atoms with E-state index >= 15 is 0 Å². The first-order valence-corrected chi connectivity index (χ1v) is 5.68. The summed E-state index contributed by atoms with van der Waals surface area (Å²) in [6, 6.07) is 10.6. The largest absolute Gasteiger partial charge is 0.377 e. The fourth-order valence-electron chi connectivity index (χ4n) is 2.10. The number of rotatable bonds is 4. The molecule has 1 aromatic carbocycles. The van der Waals surface area contributed by atoms with Crippen molar-refractivity contribution in [3.05, 3.63) is 35.9 Å². The van der Waals surface area contributed by atoms with Crippen LogP contribution >= 0.6 is 0 Å². The summed E-state index contributed by atoms with van der Waals surface area (Å²) in [5.74, 6) is 0. The van der Waals surface area contributed by atoms with Crippen molar-refractivity contribution in [2.45, 2.75) is 25.5 Å². The highest BCUT2D eigenvalue weighted by Gasteiger charge is 2.17. The van der Waals surface area contributed by atoms with E-state index in [0.29, 0.717) is 6.10 Å². The molecule has 0 bridgehead atoms. The van der Waals surface area contributed by atoms with E-state index < -0.39 is 0 Å². The van der Waals surface area contributed by atoms with Gasteiger partial charge in [0.15, 0.2) is 0 Å². The van der Waals surface area contributed by atoms with Crippen molar-refractivity contribution in [2.24, 2.45) is 0 Å². The summed E-state index contributed by atoms with van der Waals surface area (Å²) in [5.41, 5.74) is 1.37. The first kappa shape index (κ1) is 10.7. The molecule has 1 saturated heterocycles. The first-order chi connectivity index (χ1) is 7.34. The quantitative estimate of drug-likeness (QED) is 0.748. The van der Waals surface area contributed by atoms with Crippen LogP contribution in [0.5, 0.6) is 0 Å². The van der Waals surface area contributed by atoms with Crippen molar-refractivity contribution in [3.8, 4) is 0 Å². The molecule has 0 saturated carbocycles. The Morgan fingerprint density at radius 3 is 2.80 bits per heavy atom. The molecule has 1 aromatic rings. The Morgan fingerprint density at radius 2 is 2.13 bits per heavy atom. The average Bonchev–Trinajstić information content (AvgIpc) is 2.71. The van der Waals surface area contributed by atoms with Crippen LogP contribution < -0.4 is 0 Å². The van der Waals surface area contributed by atoms with Crippen molar-refractivity contribution in [3.63, 3.8) is 0 Å². The zero-order chi connectivity index (χ0) is 10.5. The number of benzene rings is 1. The van der Waals surface area contributed by atoms with Crippen molar-refractivity contribution in [1.29, 1.82) is 0 Å². The van der Waals surface area contributed by atoms with Crippen LogP contribution in [-0.2, 0) is 11.3 Å². The molecule has 1 fully saturated rings. The maximum absolute atomic E-state index is 5.62. The molecule has 2 heteroatoms. The molecule has 0 N–H and O–H groups in total. The van der Waals surface area contributed by atoms with Gasteiger partial charge >= 0.3 is 0 Å². The fourth-order valence-corrected chi connectivity index (χ4v) is 2.10. The van der Waals surface area contributed by atoms with Gasteiger partial charge in [0.2, 0.25) is 0 Å². The van der Waals surface area contributed by atoms with Gasteiger partial charge in [-0.15, -0.1) is 0 Å². The van der Waals surface area contributed by atoms with Crippen LogP contribution in [0.25, 0.3) is 0 Å². The van der Waals surface area contributed by atoms with Gasteiger partial charge in [-0.3, -0.25) is 4.90 Å². The lowest BCUT2D eigenvalue weighted by atomic mass is 10.2. The van der Waals surface area contributed by atoms with Crippen LogP contribution in [0.4, 0.5) is 0 Å². The maximum atomic E-state index is 5.62. The van der Waals surface area contributed by atoms with E-state index in [4.69, 9.17) is 4.74 Å². The van der Waals surface area contributed by atoms with Gasteiger partial charge in [0.25, 0.3) is 0 Å². The molecular weight excluding hydrogens is 186 g/mol. The van der Waals surface area contributed by atoms with Gasteiger partial charge < -0.3 is 4.74 Å². The third-order valence-electron chi connectivity index (χ3n) is 2.83. The minimum atomic E-state index is 0.457. The highest BCUT2D eigenvalue weighted by molar-refractivity contribution is 5.14. The van der Waals surface area contributed by atoms with Crippen molar-refractivity contribution in [2.75, 3.05) is 20.2 Å². The molecule has 0 spiro atoms. The van der Waals surface area contributed by atoms with Crippen molar-refractivity contribution in [1.82, 2.24) is 4.90 Å². The van der Waals surface area contributed by atoms with E-state index in [1.807, 2.05) is 0 Å². The Kier molecular flexibility index (Phi) is 3.75. The Bertz CT molecular complexity index is 280. The van der Waals surface area contributed by atoms with Crippen LogP contribution in [-0.4, -0.2) is 31.2 Å². The number of nitrogens with zero attached hydrogens (tertiary/aromatic N) is 1. The standard InChI is InChI=1S/C13H19NO/c1-14(11-13-8-5-9-15-13)10-12-6-3-2-4-7-12/h2-4,6-7,13H,5,8-11H2,1H3. The summed E-state index contributed by atoms with van der Waals surface area (Å²) < 4.78 is 5.62. The third-order valence-corrected chi connectivity index (χ3v) is 2.83. The Balaban J connectivity index is 1.79. The molecule has 0 aliphatic carbocycles. The monoisotopic (exact) mass is 205 g/mol. The minimum absolute atomic E-state index is 0.457. The predicted molar refractivity (Wildman–Crippen MR) is 61.8 cm³/mol. The topological polar surface area (TPSA) is 12.5 Å². The highest BCUT2D eigenvalue weighted by Crippen LogP contribution is 2.13. The zero-order valence-electron chi connectivity index (χ0n) is 9.36. The predicted octanol–water partition coefficient (Wildman–Crippen LogP) is 2.30. The number of ether oxygens (including phenoxy) is 1. The van der Waals surface area contributed by atoms with Crippen LogP contribution in [0.3, 0.4) is 0 Å². The molecule has 2 nitrogen and oxygen atoms in total. The Labute approximate surface area is 91.9 Å². The molecule has 0 radical (unpaired) electrons. The molecule has 1 atom stereocenters. The number of hydrogen-bond donors (Lipinski definition) is 0. The summed E-state index contributed by atoms with van der Waals surface area (Å²) in [5, 5.41) is 0. The molecule has 2 rings (SSSR count). The van der Waals surface area contributed by atoms with Gasteiger partial charge in [0.1, 0.15) is 0 Å². The summed E-state index contributed by atoms with van der Waals surface area (Å²) >= 11 is 0. The van der Waals surface area contributed by atoms with E-state index in [1.54, 1.807) is 0 Å². The molecule has 82 valence electrons. The van der Waals surface area contributed by atoms with E-state index in [-0.39, 0.29) is 0 Å². The van der Waals surface area contributed by atoms with E-state index in [1.165, 1.54) is 18.4 Å². The maximum Gasteiger partial charge on any atom is 0.0702 e. The van der Waals surface area contributed by atoms with Gasteiger partial charge in [-0.05, 0) is 25.5 Å². The van der Waals surface area contributed by atoms with Gasteiger partial charge in [-0.1, -0.05) is 30.3 Å². The van der Waals surface area contributed by atoms with E-state index in [0.717, 1.165) is 19.7 Å². The van der Waals surface area contributed by atoms with Crippen molar-refractivity contribution >= 4 is 0 Å². The first-order valence-electron chi connectivity index (χ1n) is 5.68. The molecular formula is C13H19NO. The molecule has 1 heterocycles. The SMILES string of the molecule is CN(Cc1ccccc1)CC1CCCO1. The molecule has 1 aliphatic rings. The summed E-state index contributed by atoms with van der Waals surface area (Å²) in [6.07, 6.45) is 2.90. The molecule has 15 heavy (non-hydrogen) atoms. The summed E-state index contributed by atoms with van der Waals surface area (Å²) in [6.45, 7) is 3.01. The van der Waals surface area contributed by atoms with Crippen LogP contribution in [0.2, 0.25) is 0 Å². The Morgan fingerprint density at radius 1 is 1.33 bits per heavy atom. The lowest BCUT2D eigenvalue weighted by molar-refractivity contribution is 0.0793. The second-order valence-electron chi connectivity index (χ2n) is 4.32. The highest BCUT2D eigenvalue weighted by atomic mass is 16.5. The second-order valence-corrected chi connectivity index (χ2v) is 4.32. The summed E-state index contributed by atoms with van der Waals surface area (Å²) in [4.78, 5) is 2.34. The molecule has 1 unspecified atom stereocenters. The van der Waals surface area contributed by atoms with Gasteiger partial charge in [-0.25, -0.2) is 0 Å². The van der Waals surface area contributed by atoms with Crippen molar-refractivity contribution < 1.29 is 4.74 Å². The molecule has 0 aromatic heterocycles. The average molecular weight is 205 g/mol. The van der Waals surface area contributed by atoms with E-state index in [2.05, 4.69) is 42.3 Å². The normalized spacial score (nSPS) is 21.1. The summed E-state index contributed by atoms with van der Waals surface area (Å²) in [7, 11) is 2.16. The van der Waals surface area contributed by atoms with Gasteiger partial charge in [-0.2, -0.15) is 0 Å².